The molecule has 176 valence electrons. The van der Waals surface area contributed by atoms with Gasteiger partial charge in [-0.25, -0.2) is 18.2 Å². The third-order valence-corrected chi connectivity index (χ3v) is 7.85. The van der Waals surface area contributed by atoms with E-state index in [4.69, 9.17) is 10.5 Å². The van der Waals surface area contributed by atoms with Crippen LogP contribution >= 0.6 is 11.8 Å². The van der Waals surface area contributed by atoms with Crippen molar-refractivity contribution in [1.29, 1.82) is 0 Å². The van der Waals surface area contributed by atoms with Gasteiger partial charge in [0.25, 0.3) is 0 Å². The van der Waals surface area contributed by atoms with Crippen LogP contribution in [0.3, 0.4) is 0 Å². The highest BCUT2D eigenvalue weighted by atomic mass is 32.2. The number of nitrogens with two attached hydrogens (primary N) is 1. The summed E-state index contributed by atoms with van der Waals surface area (Å²) in [6, 6.07) is 11.1. The molecule has 0 spiro atoms. The van der Waals surface area contributed by atoms with Crippen LogP contribution in [0.1, 0.15) is 13.8 Å². The predicted molar refractivity (Wildman–Crippen MR) is 126 cm³/mol. The number of urea groups is 1. The molecule has 3 rings (SSSR count). The summed E-state index contributed by atoms with van der Waals surface area (Å²) < 4.78 is 34.3. The van der Waals surface area contributed by atoms with Crippen molar-refractivity contribution < 1.29 is 22.7 Å². The number of imide groups is 1. The van der Waals surface area contributed by atoms with Gasteiger partial charge in [0, 0.05) is 18.8 Å². The van der Waals surface area contributed by atoms with Gasteiger partial charge >= 0.3 is 6.03 Å². The number of methoxy groups -OCH3 is 1. The maximum absolute atomic E-state index is 13.0. The lowest BCUT2D eigenvalue weighted by Gasteiger charge is -2.18. The smallest absolute Gasteiger partial charge is 0.318 e. The summed E-state index contributed by atoms with van der Waals surface area (Å²) in [7, 11) is -2.10. The number of hydrogen-bond donors (Lipinski definition) is 2. The Balaban J connectivity index is 2.09. The molecule has 3 aromatic rings. The van der Waals surface area contributed by atoms with E-state index in [1.165, 1.54) is 10.4 Å². The lowest BCUT2D eigenvalue weighted by molar-refractivity contribution is -0.117. The maximum Gasteiger partial charge on any atom is 0.318 e. The molecule has 1 aromatic heterocycles. The highest BCUT2D eigenvalue weighted by Crippen LogP contribution is 2.31. The summed E-state index contributed by atoms with van der Waals surface area (Å²) in [6.07, 6.45) is 0. The zero-order chi connectivity index (χ0) is 24.2. The van der Waals surface area contributed by atoms with Gasteiger partial charge in [0.15, 0.2) is 5.16 Å². The van der Waals surface area contributed by atoms with Crippen LogP contribution in [0.25, 0.3) is 16.7 Å². The van der Waals surface area contributed by atoms with E-state index in [1.807, 2.05) is 22.0 Å². The van der Waals surface area contributed by atoms with E-state index in [0.29, 0.717) is 35.0 Å². The van der Waals surface area contributed by atoms with Crippen LogP contribution in [0.4, 0.5) is 4.79 Å². The Labute approximate surface area is 196 Å². The van der Waals surface area contributed by atoms with Crippen molar-refractivity contribution in [2.45, 2.75) is 23.9 Å². The fourth-order valence-corrected chi connectivity index (χ4v) is 5.60. The van der Waals surface area contributed by atoms with Crippen LogP contribution in [0.5, 0.6) is 5.75 Å². The molecule has 0 atom stereocenters. The first-order valence-corrected chi connectivity index (χ1v) is 12.5. The van der Waals surface area contributed by atoms with Gasteiger partial charge in [-0.1, -0.05) is 25.6 Å². The number of aromatic nitrogens is 2. The summed E-state index contributed by atoms with van der Waals surface area (Å²) in [5.74, 6) is 0.00368. The molecule has 33 heavy (non-hydrogen) atoms. The summed E-state index contributed by atoms with van der Waals surface area (Å²) in [6.45, 7) is 4.27. The number of ether oxygens (including phenoxy) is 1. The average Bonchev–Trinajstić information content (AvgIpc) is 3.15. The number of nitrogens with one attached hydrogen (secondary N) is 1. The number of primary amides is 1. The minimum atomic E-state index is -3.66. The first-order valence-electron chi connectivity index (χ1n) is 10.1. The first kappa shape index (κ1) is 24.6. The number of rotatable bonds is 9. The second-order valence-corrected chi connectivity index (χ2v) is 9.75. The van der Waals surface area contributed by atoms with Crippen LogP contribution < -0.4 is 15.8 Å². The van der Waals surface area contributed by atoms with Crippen LogP contribution in [0.2, 0.25) is 0 Å². The molecular weight excluding hydrogens is 466 g/mol. The Hall–Kier alpha value is -3.09. The normalized spacial score (nSPS) is 11.6. The Bertz CT molecular complexity index is 1270. The molecule has 3 N–H and O–H groups in total. The number of thioether (sulfide) groups is 1. The molecule has 0 aliphatic carbocycles. The SMILES string of the molecule is CCN(CC)S(=O)(=O)c1ccc2c(c1)nc(SCC(=O)NC(N)=O)n2-c1ccc(OC)cc1. The van der Waals surface area contributed by atoms with Gasteiger partial charge in [0.2, 0.25) is 15.9 Å². The summed E-state index contributed by atoms with van der Waals surface area (Å²) in [5, 5.41) is 2.47. The number of amides is 3. The molecule has 0 unspecified atom stereocenters. The summed E-state index contributed by atoms with van der Waals surface area (Å²) in [4.78, 5) is 27.6. The number of sulfonamides is 1. The van der Waals surface area contributed by atoms with E-state index in [0.717, 1.165) is 17.4 Å². The summed E-state index contributed by atoms with van der Waals surface area (Å²) >= 11 is 1.10. The molecule has 1 heterocycles. The highest BCUT2D eigenvalue weighted by molar-refractivity contribution is 7.99. The lowest BCUT2D eigenvalue weighted by Crippen LogP contribution is -2.36. The Kier molecular flexibility index (Phi) is 7.61. The standard InChI is InChI=1S/C21H25N5O5S2/c1-4-25(5-2)33(29,30)16-10-11-18-17(12-16)23-21(32-13-19(27)24-20(22)28)26(18)14-6-8-15(31-3)9-7-14/h6-12H,4-5,13H2,1-3H3,(H3,22,24,27,28). The van der Waals surface area contributed by atoms with Gasteiger partial charge in [0.1, 0.15) is 5.75 Å². The third kappa shape index (κ3) is 5.29. The average molecular weight is 492 g/mol. The molecule has 0 bridgehead atoms. The largest absolute Gasteiger partial charge is 0.497 e. The number of fused-ring (bicyclic) bond motifs is 1. The Morgan fingerprint density at radius 1 is 1.15 bits per heavy atom. The van der Waals surface area contributed by atoms with E-state index in [1.54, 1.807) is 45.2 Å². The number of carbonyl (C=O) groups is 2. The minimum absolute atomic E-state index is 0.104. The molecule has 3 amide bonds. The Morgan fingerprint density at radius 3 is 2.39 bits per heavy atom. The van der Waals surface area contributed by atoms with Crippen LogP contribution in [-0.4, -0.2) is 60.2 Å². The predicted octanol–water partition coefficient (Wildman–Crippen LogP) is 2.35. The molecule has 0 saturated carbocycles. The van der Waals surface area contributed by atoms with Crippen molar-refractivity contribution in [3.05, 3.63) is 42.5 Å². The van der Waals surface area contributed by atoms with E-state index < -0.39 is 22.0 Å². The quantitative estimate of drug-likeness (QED) is 0.438. The molecule has 12 heteroatoms. The number of benzene rings is 2. The van der Waals surface area contributed by atoms with Gasteiger partial charge < -0.3 is 10.5 Å². The monoisotopic (exact) mass is 491 g/mol. The second-order valence-electron chi connectivity index (χ2n) is 6.87. The van der Waals surface area contributed by atoms with Crippen molar-refractivity contribution in [2.75, 3.05) is 26.0 Å². The van der Waals surface area contributed by atoms with E-state index in [9.17, 15) is 18.0 Å². The van der Waals surface area contributed by atoms with Gasteiger partial charge in [-0.05, 0) is 42.5 Å². The number of nitrogens with zero attached hydrogens (tertiary/aromatic N) is 3. The van der Waals surface area contributed by atoms with Crippen molar-refractivity contribution in [3.63, 3.8) is 0 Å². The van der Waals surface area contributed by atoms with Crippen LogP contribution in [0.15, 0.2) is 52.5 Å². The van der Waals surface area contributed by atoms with Gasteiger partial charge in [0.05, 0.1) is 28.8 Å². The van der Waals surface area contributed by atoms with Crippen molar-refractivity contribution in [2.24, 2.45) is 5.73 Å². The third-order valence-electron chi connectivity index (χ3n) is 4.86. The molecule has 10 nitrogen and oxygen atoms in total. The van der Waals surface area contributed by atoms with E-state index in [-0.39, 0.29) is 10.6 Å². The van der Waals surface area contributed by atoms with E-state index in [2.05, 4.69) is 4.98 Å². The van der Waals surface area contributed by atoms with Crippen molar-refractivity contribution in [3.8, 4) is 11.4 Å². The van der Waals surface area contributed by atoms with Crippen molar-refractivity contribution in [1.82, 2.24) is 19.2 Å². The van der Waals surface area contributed by atoms with Gasteiger partial charge in [-0.3, -0.25) is 14.7 Å². The molecule has 0 fully saturated rings. The van der Waals surface area contributed by atoms with Crippen LogP contribution in [0, 0.1) is 0 Å². The molecular formula is C21H25N5O5S2. The first-order chi connectivity index (χ1) is 15.7. The Morgan fingerprint density at radius 2 is 1.82 bits per heavy atom. The van der Waals surface area contributed by atoms with Crippen LogP contribution in [-0.2, 0) is 14.8 Å². The molecule has 0 radical (unpaired) electrons. The topological polar surface area (TPSA) is 137 Å². The summed E-state index contributed by atoms with van der Waals surface area (Å²) in [5.41, 5.74) is 6.87. The van der Waals surface area contributed by atoms with Crippen molar-refractivity contribution >= 4 is 44.8 Å². The maximum atomic E-state index is 13.0. The second kappa shape index (κ2) is 10.2. The zero-order valence-electron chi connectivity index (χ0n) is 18.4. The lowest BCUT2D eigenvalue weighted by atomic mass is 10.2. The fraction of sp³-hybridized carbons (Fsp3) is 0.286. The highest BCUT2D eigenvalue weighted by Gasteiger charge is 2.23. The molecule has 2 aromatic carbocycles. The molecule has 0 aliphatic rings. The molecule has 0 aliphatic heterocycles. The van der Waals surface area contributed by atoms with Gasteiger partial charge in [-0.2, -0.15) is 4.31 Å². The fourth-order valence-electron chi connectivity index (χ4n) is 3.29. The molecule has 0 saturated heterocycles. The zero-order valence-corrected chi connectivity index (χ0v) is 20.1. The van der Waals surface area contributed by atoms with E-state index >= 15 is 0 Å². The van der Waals surface area contributed by atoms with Gasteiger partial charge in [-0.15, -0.1) is 0 Å². The number of imidazole rings is 1. The minimum Gasteiger partial charge on any atom is -0.497 e. The number of hydrogen-bond acceptors (Lipinski definition) is 7. The number of carbonyl (C=O) groups excluding carboxylic acids is 2.